The highest BCUT2D eigenvalue weighted by molar-refractivity contribution is 5.95. The van der Waals surface area contributed by atoms with Gasteiger partial charge in [-0.2, -0.15) is 5.26 Å². The van der Waals surface area contributed by atoms with E-state index >= 15 is 0 Å². The zero-order chi connectivity index (χ0) is 13.2. The van der Waals surface area contributed by atoms with Crippen LogP contribution in [-0.2, 0) is 4.74 Å². The van der Waals surface area contributed by atoms with Gasteiger partial charge in [0.2, 0.25) is 0 Å². The van der Waals surface area contributed by atoms with Crippen LogP contribution in [0.2, 0.25) is 0 Å². The number of hydrogen-bond acceptors (Lipinski definition) is 4. The van der Waals surface area contributed by atoms with Crippen LogP contribution in [0.5, 0.6) is 0 Å². The zero-order valence-electron chi connectivity index (χ0n) is 9.78. The predicted molar refractivity (Wildman–Crippen MR) is 63.0 cm³/mol. The third kappa shape index (κ3) is 2.59. The molecule has 0 atom stereocenters. The Hall–Kier alpha value is -2.09. The molecule has 1 aliphatic rings. The maximum Gasteiger partial charge on any atom is 0.340 e. The monoisotopic (exact) mass is 248 g/mol. The van der Waals surface area contributed by atoms with Gasteiger partial charge in [-0.1, -0.05) is 0 Å². The van der Waals surface area contributed by atoms with Crippen molar-refractivity contribution in [2.45, 2.75) is 19.3 Å². The second kappa shape index (κ2) is 4.65. The van der Waals surface area contributed by atoms with Gasteiger partial charge in [0.25, 0.3) is 0 Å². The van der Waals surface area contributed by atoms with Crippen LogP contribution < -0.4 is 5.73 Å². The van der Waals surface area contributed by atoms with Crippen LogP contribution in [-0.4, -0.2) is 12.6 Å². The van der Waals surface area contributed by atoms with Crippen molar-refractivity contribution in [2.24, 2.45) is 5.41 Å². The summed E-state index contributed by atoms with van der Waals surface area (Å²) < 4.78 is 18.0. The van der Waals surface area contributed by atoms with E-state index in [1.807, 2.05) is 0 Å². The first-order valence-electron chi connectivity index (χ1n) is 5.65. The Balaban J connectivity index is 1.98. The van der Waals surface area contributed by atoms with Crippen LogP contribution in [0.15, 0.2) is 18.2 Å². The number of nitriles is 1. The van der Waals surface area contributed by atoms with Crippen molar-refractivity contribution >= 4 is 11.7 Å². The van der Waals surface area contributed by atoms with E-state index in [0.29, 0.717) is 6.42 Å². The molecule has 0 amide bonds. The summed E-state index contributed by atoms with van der Waals surface area (Å²) >= 11 is 0. The fourth-order valence-corrected chi connectivity index (χ4v) is 1.73. The molecule has 0 unspecified atom stereocenters. The maximum atomic E-state index is 12.8. The van der Waals surface area contributed by atoms with E-state index in [1.165, 1.54) is 6.07 Å². The number of nitrogen functional groups attached to an aromatic ring is 1. The van der Waals surface area contributed by atoms with Gasteiger partial charge in [-0.3, -0.25) is 0 Å². The van der Waals surface area contributed by atoms with Crippen LogP contribution in [0.25, 0.3) is 0 Å². The van der Waals surface area contributed by atoms with Crippen molar-refractivity contribution < 1.29 is 13.9 Å². The second-order valence-electron chi connectivity index (χ2n) is 4.64. The van der Waals surface area contributed by atoms with Crippen molar-refractivity contribution in [3.8, 4) is 6.07 Å². The molecule has 18 heavy (non-hydrogen) atoms. The lowest BCUT2D eigenvalue weighted by Crippen LogP contribution is -2.16. The average Bonchev–Trinajstić information content (AvgIpc) is 3.07. The molecule has 1 saturated carbocycles. The Morgan fingerprint density at radius 2 is 2.28 bits per heavy atom. The van der Waals surface area contributed by atoms with E-state index in [9.17, 15) is 9.18 Å². The van der Waals surface area contributed by atoms with E-state index in [-0.39, 0.29) is 23.3 Å². The molecular formula is C13H13FN2O2. The molecule has 1 fully saturated rings. The zero-order valence-corrected chi connectivity index (χ0v) is 9.78. The molecule has 0 aliphatic heterocycles. The molecule has 94 valence electrons. The van der Waals surface area contributed by atoms with Crippen LogP contribution in [0, 0.1) is 22.6 Å². The Morgan fingerprint density at radius 3 is 2.83 bits per heavy atom. The maximum absolute atomic E-state index is 12.8. The topological polar surface area (TPSA) is 76.1 Å². The third-order valence-corrected chi connectivity index (χ3v) is 3.15. The Kier molecular flexibility index (Phi) is 3.19. The predicted octanol–water partition coefficient (Wildman–Crippen LogP) is 2.26. The fraction of sp³-hybridized carbons (Fsp3) is 0.385. The third-order valence-electron chi connectivity index (χ3n) is 3.15. The quantitative estimate of drug-likeness (QED) is 0.655. The van der Waals surface area contributed by atoms with E-state index in [2.05, 4.69) is 6.07 Å². The highest BCUT2D eigenvalue weighted by Crippen LogP contribution is 2.48. The minimum Gasteiger partial charge on any atom is -0.461 e. The first kappa shape index (κ1) is 12.4. The lowest BCUT2D eigenvalue weighted by Gasteiger charge is -2.12. The number of rotatable bonds is 4. The summed E-state index contributed by atoms with van der Waals surface area (Å²) in [5.74, 6) is -1.07. The molecule has 0 radical (unpaired) electrons. The van der Waals surface area contributed by atoms with Gasteiger partial charge in [-0.25, -0.2) is 9.18 Å². The molecular weight excluding hydrogens is 235 g/mol. The molecule has 1 aliphatic carbocycles. The Bertz CT molecular complexity index is 518. The first-order chi connectivity index (χ1) is 8.56. The normalized spacial score (nSPS) is 15.8. The number of ether oxygens (including phenoxy) is 1. The summed E-state index contributed by atoms with van der Waals surface area (Å²) in [6.07, 6.45) is 2.18. The fourth-order valence-electron chi connectivity index (χ4n) is 1.73. The number of hydrogen-bond donors (Lipinski definition) is 1. The SMILES string of the molecule is N#CCC1(COC(=O)c2ccc(F)cc2N)CC1. The Morgan fingerprint density at radius 1 is 1.56 bits per heavy atom. The molecule has 0 spiro atoms. The van der Waals surface area contributed by atoms with Gasteiger partial charge in [-0.15, -0.1) is 0 Å². The molecule has 4 nitrogen and oxygen atoms in total. The molecule has 0 saturated heterocycles. The number of benzene rings is 1. The van der Waals surface area contributed by atoms with Gasteiger partial charge in [0, 0.05) is 17.5 Å². The van der Waals surface area contributed by atoms with Gasteiger partial charge < -0.3 is 10.5 Å². The molecule has 1 aromatic rings. The average molecular weight is 248 g/mol. The summed E-state index contributed by atoms with van der Waals surface area (Å²) in [6.45, 7) is 0.218. The summed E-state index contributed by atoms with van der Waals surface area (Å²) in [5, 5.41) is 8.65. The van der Waals surface area contributed by atoms with Gasteiger partial charge in [0.1, 0.15) is 5.82 Å². The standard InChI is InChI=1S/C13H13FN2O2/c14-9-1-2-10(11(16)7-9)12(17)18-8-13(3-4-13)5-6-15/h1-2,7H,3-5,8,16H2. The van der Waals surface area contributed by atoms with Crippen molar-refractivity contribution in [3.05, 3.63) is 29.6 Å². The van der Waals surface area contributed by atoms with Gasteiger partial charge in [-0.05, 0) is 31.0 Å². The number of anilines is 1. The highest BCUT2D eigenvalue weighted by atomic mass is 19.1. The summed E-state index contributed by atoms with van der Waals surface area (Å²) in [5.41, 5.74) is 5.59. The summed E-state index contributed by atoms with van der Waals surface area (Å²) in [7, 11) is 0. The molecule has 0 heterocycles. The van der Waals surface area contributed by atoms with Crippen LogP contribution in [0.1, 0.15) is 29.6 Å². The van der Waals surface area contributed by atoms with E-state index in [1.54, 1.807) is 0 Å². The van der Waals surface area contributed by atoms with Crippen molar-refractivity contribution in [1.82, 2.24) is 0 Å². The lowest BCUT2D eigenvalue weighted by atomic mass is 10.1. The van der Waals surface area contributed by atoms with E-state index in [0.717, 1.165) is 25.0 Å². The van der Waals surface area contributed by atoms with Crippen LogP contribution >= 0.6 is 0 Å². The highest BCUT2D eigenvalue weighted by Gasteiger charge is 2.43. The smallest absolute Gasteiger partial charge is 0.340 e. The number of carbonyl (C=O) groups is 1. The molecule has 0 bridgehead atoms. The molecule has 0 aromatic heterocycles. The van der Waals surface area contributed by atoms with E-state index < -0.39 is 11.8 Å². The number of nitrogens with zero attached hydrogens (tertiary/aromatic N) is 1. The second-order valence-corrected chi connectivity index (χ2v) is 4.64. The number of nitrogens with two attached hydrogens (primary N) is 1. The van der Waals surface area contributed by atoms with Crippen LogP contribution in [0.3, 0.4) is 0 Å². The lowest BCUT2D eigenvalue weighted by molar-refractivity contribution is 0.0420. The molecule has 5 heteroatoms. The van der Waals surface area contributed by atoms with Crippen molar-refractivity contribution in [2.75, 3.05) is 12.3 Å². The van der Waals surface area contributed by atoms with Gasteiger partial charge in [0.05, 0.1) is 18.2 Å². The minimum absolute atomic E-state index is 0.0603. The van der Waals surface area contributed by atoms with Crippen molar-refractivity contribution in [1.29, 1.82) is 5.26 Å². The Labute approximate surface area is 104 Å². The number of halogens is 1. The first-order valence-corrected chi connectivity index (χ1v) is 5.65. The van der Waals surface area contributed by atoms with Gasteiger partial charge in [0.15, 0.2) is 0 Å². The number of esters is 1. The minimum atomic E-state index is -0.572. The molecule has 1 aromatic carbocycles. The van der Waals surface area contributed by atoms with Crippen LogP contribution in [0.4, 0.5) is 10.1 Å². The van der Waals surface area contributed by atoms with Crippen molar-refractivity contribution in [3.63, 3.8) is 0 Å². The largest absolute Gasteiger partial charge is 0.461 e. The summed E-state index contributed by atoms with van der Waals surface area (Å²) in [4.78, 5) is 11.7. The number of carbonyl (C=O) groups excluding carboxylic acids is 1. The molecule has 2 N–H and O–H groups in total. The van der Waals surface area contributed by atoms with Gasteiger partial charge >= 0.3 is 5.97 Å². The molecule has 2 rings (SSSR count). The summed E-state index contributed by atoms with van der Waals surface area (Å²) in [6, 6.07) is 5.63. The van der Waals surface area contributed by atoms with E-state index in [4.69, 9.17) is 15.7 Å².